The fraction of sp³-hybridized carbons (Fsp3) is 0.290. The number of esters is 2. The Labute approximate surface area is 269 Å². The Morgan fingerprint density at radius 2 is 1.45 bits per heavy atom. The number of Topliss-reactive ketones (excluding diaryl/α,β-unsaturated/α-hetero) is 1. The minimum Gasteiger partial charge on any atom is -0.465 e. The Hall–Kier alpha value is -4.70. The molecule has 0 bridgehead atoms. The molecule has 0 radical (unpaired) electrons. The van der Waals surface area contributed by atoms with E-state index in [4.69, 9.17) is 26.4 Å². The van der Waals surface area contributed by atoms with E-state index in [2.05, 4.69) is 5.32 Å². The lowest BCUT2D eigenvalue weighted by Crippen LogP contribution is -2.27. The number of ketones is 1. The van der Waals surface area contributed by atoms with Crippen LogP contribution in [0.25, 0.3) is 0 Å². The molecule has 0 fully saturated rings. The van der Waals surface area contributed by atoms with Crippen LogP contribution in [0, 0.1) is 0 Å². The molecule has 47 heavy (non-hydrogen) atoms. The van der Waals surface area contributed by atoms with Crippen molar-refractivity contribution in [1.29, 1.82) is 0 Å². The summed E-state index contributed by atoms with van der Waals surface area (Å²) in [5.74, 6) is -3.38. The van der Waals surface area contributed by atoms with Crippen molar-refractivity contribution in [1.82, 2.24) is 0 Å². The number of methoxy groups -OCH3 is 2. The van der Waals surface area contributed by atoms with E-state index in [1.807, 2.05) is 4.90 Å². The summed E-state index contributed by atoms with van der Waals surface area (Å²) >= 11 is 5.46. The first-order chi connectivity index (χ1) is 22.0. The van der Waals surface area contributed by atoms with Gasteiger partial charge in [0, 0.05) is 36.4 Å². The first-order valence-corrected chi connectivity index (χ1v) is 14.1. The number of hydrogen-bond acceptors (Lipinski definition) is 9. The van der Waals surface area contributed by atoms with E-state index in [1.165, 1.54) is 44.6 Å². The van der Waals surface area contributed by atoms with Gasteiger partial charge in [-0.15, -0.1) is 0 Å². The second kappa shape index (κ2) is 14.0. The molecule has 1 heterocycles. The van der Waals surface area contributed by atoms with Gasteiger partial charge in [-0.05, 0) is 66.6 Å². The maximum absolute atomic E-state index is 13.2. The smallest absolute Gasteiger partial charge is 0.416 e. The molecular formula is C31H26F6N2O7S. The highest BCUT2D eigenvalue weighted by molar-refractivity contribution is 7.80. The van der Waals surface area contributed by atoms with Gasteiger partial charge in [-0.1, -0.05) is 12.2 Å². The summed E-state index contributed by atoms with van der Waals surface area (Å²) in [6, 6.07) is 9.09. The van der Waals surface area contributed by atoms with Crippen LogP contribution in [0.5, 0.6) is 5.75 Å². The van der Waals surface area contributed by atoms with Crippen LogP contribution in [0.15, 0.2) is 54.6 Å². The second-order valence-corrected chi connectivity index (χ2v) is 10.7. The van der Waals surface area contributed by atoms with Crippen LogP contribution in [0.4, 0.5) is 37.7 Å². The average molecular weight is 685 g/mol. The molecule has 16 heteroatoms. The lowest BCUT2D eigenvalue weighted by atomic mass is 10.0. The molecule has 0 spiro atoms. The molecule has 9 nitrogen and oxygen atoms in total. The Bertz CT molecular complexity index is 1640. The minimum atomic E-state index is -5.14. The van der Waals surface area contributed by atoms with Crippen LogP contribution in [-0.4, -0.2) is 61.4 Å². The Kier molecular flexibility index (Phi) is 10.4. The molecule has 0 saturated heterocycles. The highest BCUT2D eigenvalue weighted by Crippen LogP contribution is 2.38. The van der Waals surface area contributed by atoms with Crippen molar-refractivity contribution in [2.75, 3.05) is 37.5 Å². The molecule has 1 unspecified atom stereocenters. The van der Waals surface area contributed by atoms with Crippen LogP contribution in [-0.2, 0) is 28.2 Å². The van der Waals surface area contributed by atoms with E-state index in [-0.39, 0.29) is 34.9 Å². The molecule has 4 rings (SSSR count). The van der Waals surface area contributed by atoms with Crippen molar-refractivity contribution in [2.45, 2.75) is 31.5 Å². The number of aliphatic hydroxyl groups is 1. The number of rotatable bonds is 10. The number of nitrogens with one attached hydrogen (secondary N) is 1. The molecule has 3 aromatic rings. The second-order valence-electron chi connectivity index (χ2n) is 10.2. The first-order valence-electron chi connectivity index (χ1n) is 13.7. The predicted molar refractivity (Wildman–Crippen MR) is 160 cm³/mol. The molecule has 250 valence electrons. The molecule has 3 aromatic carbocycles. The molecule has 1 atom stereocenters. The molecular weight excluding hydrogens is 658 g/mol. The van der Waals surface area contributed by atoms with Crippen LogP contribution in [0.1, 0.15) is 54.2 Å². The Balaban J connectivity index is 1.41. The standard InChI is InChI=1S/C31H26F6N2O7S/c1-44-27(41)18-10-19(28(42)45-2)12-22(11-18)38-25(47)6-8-39-7-5-16-9-17(3-4-24(16)39)26(40)29(43)46-23-14-20(30(32,33)34)13-21(15-23)31(35,36)37/h3-4,9-15,29,43H,5-8H2,1-2H3,(H,38,47). The summed E-state index contributed by atoms with van der Waals surface area (Å²) in [7, 11) is 2.40. The molecule has 0 saturated carbocycles. The number of fused-ring (bicyclic) bond motifs is 1. The average Bonchev–Trinajstić information content (AvgIpc) is 3.43. The third kappa shape index (κ3) is 8.56. The number of aliphatic hydroxyl groups excluding tert-OH is 1. The highest BCUT2D eigenvalue weighted by atomic mass is 32.1. The van der Waals surface area contributed by atoms with Crippen molar-refractivity contribution < 1.29 is 60.0 Å². The number of benzene rings is 3. The summed E-state index contributed by atoms with van der Waals surface area (Å²) in [4.78, 5) is 39.3. The van der Waals surface area contributed by atoms with Crippen molar-refractivity contribution in [3.63, 3.8) is 0 Å². The zero-order valence-corrected chi connectivity index (χ0v) is 25.4. The summed E-state index contributed by atoms with van der Waals surface area (Å²) in [6.07, 6.45) is -11.8. The Morgan fingerprint density at radius 1 is 0.872 bits per heavy atom. The van der Waals surface area contributed by atoms with Gasteiger partial charge in [-0.2, -0.15) is 26.3 Å². The van der Waals surface area contributed by atoms with Gasteiger partial charge in [0.15, 0.2) is 0 Å². The number of halogens is 6. The fourth-order valence-corrected chi connectivity index (χ4v) is 5.02. The largest absolute Gasteiger partial charge is 0.465 e. The molecule has 0 amide bonds. The Morgan fingerprint density at radius 3 is 1.98 bits per heavy atom. The van der Waals surface area contributed by atoms with Gasteiger partial charge in [0.05, 0.1) is 41.5 Å². The van der Waals surface area contributed by atoms with E-state index in [9.17, 15) is 45.8 Å². The number of anilines is 2. The molecule has 1 aliphatic rings. The third-order valence-electron chi connectivity index (χ3n) is 7.06. The zero-order valence-electron chi connectivity index (χ0n) is 24.6. The quantitative estimate of drug-likeness (QED) is 0.0858. The predicted octanol–water partition coefficient (Wildman–Crippen LogP) is 6.07. The summed E-state index contributed by atoms with van der Waals surface area (Å²) in [5.41, 5.74) is -1.35. The van der Waals surface area contributed by atoms with E-state index in [0.717, 1.165) is 5.69 Å². The molecule has 0 aliphatic carbocycles. The summed E-state index contributed by atoms with van der Waals surface area (Å²) in [6.45, 7) is 0.957. The van der Waals surface area contributed by atoms with Gasteiger partial charge in [-0.25, -0.2) is 9.59 Å². The number of hydrogen-bond donors (Lipinski definition) is 2. The zero-order chi connectivity index (χ0) is 34.7. The van der Waals surface area contributed by atoms with Gasteiger partial charge >= 0.3 is 24.3 Å². The number of carbonyl (C=O) groups excluding carboxylic acids is 3. The fourth-order valence-electron chi connectivity index (χ4n) is 4.81. The van der Waals surface area contributed by atoms with E-state index < -0.39 is 53.2 Å². The summed E-state index contributed by atoms with van der Waals surface area (Å²) < 4.78 is 93.3. The first kappa shape index (κ1) is 35.2. The van der Waals surface area contributed by atoms with E-state index in [1.54, 1.807) is 6.07 Å². The van der Waals surface area contributed by atoms with Crippen LogP contribution in [0.3, 0.4) is 0 Å². The SMILES string of the molecule is COC(=O)c1cc(NC(=S)CCN2CCc3cc(C(=O)C(O)Oc4cc(C(F)(F)F)cc(C(F)(F)F)c4)ccc32)cc(C(=O)OC)c1. The maximum atomic E-state index is 13.2. The van der Waals surface area contributed by atoms with Crippen molar-refractivity contribution in [3.8, 4) is 5.75 Å². The van der Waals surface area contributed by atoms with Crippen LogP contribution >= 0.6 is 12.2 Å². The number of carbonyl (C=O) groups is 3. The molecule has 1 aliphatic heterocycles. The van der Waals surface area contributed by atoms with Crippen molar-refractivity contribution in [2.24, 2.45) is 0 Å². The van der Waals surface area contributed by atoms with Crippen LogP contribution < -0.4 is 15.0 Å². The minimum absolute atomic E-state index is 0.0646. The van der Waals surface area contributed by atoms with Gasteiger partial charge in [0.25, 0.3) is 6.29 Å². The van der Waals surface area contributed by atoms with E-state index >= 15 is 0 Å². The van der Waals surface area contributed by atoms with Crippen molar-refractivity contribution in [3.05, 3.63) is 88.0 Å². The van der Waals surface area contributed by atoms with Crippen LogP contribution in [0.2, 0.25) is 0 Å². The van der Waals surface area contributed by atoms with Gasteiger partial charge in [0.1, 0.15) is 5.75 Å². The van der Waals surface area contributed by atoms with Crippen molar-refractivity contribution >= 4 is 46.3 Å². The third-order valence-corrected chi connectivity index (χ3v) is 7.36. The van der Waals surface area contributed by atoms with Gasteiger partial charge in [-0.3, -0.25) is 4.79 Å². The lowest BCUT2D eigenvalue weighted by Gasteiger charge is -2.20. The van der Waals surface area contributed by atoms with Gasteiger partial charge < -0.3 is 29.5 Å². The monoisotopic (exact) mass is 684 g/mol. The topological polar surface area (TPSA) is 114 Å². The number of thiocarbonyl (C=S) groups is 1. The normalized spacial score (nSPS) is 13.4. The number of nitrogens with zero attached hydrogens (tertiary/aromatic N) is 1. The highest BCUT2D eigenvalue weighted by Gasteiger charge is 2.37. The number of ether oxygens (including phenoxy) is 3. The van der Waals surface area contributed by atoms with E-state index in [0.29, 0.717) is 42.2 Å². The number of alkyl halides is 6. The lowest BCUT2D eigenvalue weighted by molar-refractivity contribution is -0.143. The maximum Gasteiger partial charge on any atom is 0.416 e. The molecule has 0 aromatic heterocycles. The molecule has 2 N–H and O–H groups in total. The van der Waals surface area contributed by atoms with Gasteiger partial charge in [0.2, 0.25) is 5.78 Å². The summed E-state index contributed by atoms with van der Waals surface area (Å²) in [5, 5.41) is 13.3.